The number of hydrogen-bond donors (Lipinski definition) is 2. The molecule has 1 fully saturated rings. The highest BCUT2D eigenvalue weighted by molar-refractivity contribution is 4.93. The van der Waals surface area contributed by atoms with E-state index in [1.54, 1.807) is 7.11 Å². The minimum atomic E-state index is -0.127. The van der Waals surface area contributed by atoms with E-state index in [9.17, 15) is 0 Å². The van der Waals surface area contributed by atoms with Gasteiger partial charge in [-0.3, -0.25) is 11.3 Å². The molecule has 0 aliphatic carbocycles. The Kier molecular flexibility index (Phi) is 7.82. The SMILES string of the molecule is CCCCCCCC(NN)C1(OC)CCOCC1. The largest absolute Gasteiger partial charge is 0.381 e. The zero-order valence-corrected chi connectivity index (χ0v) is 12.0. The molecule has 0 radical (unpaired) electrons. The Labute approximate surface area is 112 Å². The van der Waals surface area contributed by atoms with E-state index in [1.165, 1.54) is 32.1 Å². The van der Waals surface area contributed by atoms with Crippen molar-refractivity contribution in [2.45, 2.75) is 69.9 Å². The first-order valence-corrected chi connectivity index (χ1v) is 7.38. The number of unbranched alkanes of at least 4 members (excludes halogenated alkanes) is 4. The fourth-order valence-electron chi connectivity index (χ4n) is 2.86. The van der Waals surface area contributed by atoms with Crippen LogP contribution in [-0.4, -0.2) is 32.0 Å². The second kappa shape index (κ2) is 8.86. The Morgan fingerprint density at radius 1 is 1.22 bits per heavy atom. The van der Waals surface area contributed by atoms with E-state index in [1.807, 2.05) is 0 Å². The van der Waals surface area contributed by atoms with Gasteiger partial charge in [0.15, 0.2) is 0 Å². The van der Waals surface area contributed by atoms with Crippen LogP contribution in [-0.2, 0) is 9.47 Å². The van der Waals surface area contributed by atoms with Crippen molar-refractivity contribution in [3.63, 3.8) is 0 Å². The maximum atomic E-state index is 5.79. The Balaban J connectivity index is 2.37. The number of ether oxygens (including phenoxy) is 2. The summed E-state index contributed by atoms with van der Waals surface area (Å²) >= 11 is 0. The van der Waals surface area contributed by atoms with Crippen LogP contribution in [0.3, 0.4) is 0 Å². The average molecular weight is 258 g/mol. The van der Waals surface area contributed by atoms with Gasteiger partial charge in [0.1, 0.15) is 0 Å². The van der Waals surface area contributed by atoms with Gasteiger partial charge in [0, 0.05) is 33.2 Å². The zero-order valence-electron chi connectivity index (χ0n) is 12.0. The van der Waals surface area contributed by atoms with Crippen molar-refractivity contribution in [1.82, 2.24) is 5.43 Å². The van der Waals surface area contributed by atoms with Gasteiger partial charge < -0.3 is 9.47 Å². The lowest BCUT2D eigenvalue weighted by Crippen LogP contribution is -2.57. The van der Waals surface area contributed by atoms with Crippen molar-refractivity contribution in [1.29, 1.82) is 0 Å². The van der Waals surface area contributed by atoms with E-state index >= 15 is 0 Å². The normalized spacial score (nSPS) is 20.8. The number of hydrazine groups is 1. The van der Waals surface area contributed by atoms with Crippen molar-refractivity contribution in [2.75, 3.05) is 20.3 Å². The van der Waals surface area contributed by atoms with Crippen LogP contribution in [0, 0.1) is 0 Å². The van der Waals surface area contributed by atoms with Crippen LogP contribution in [0.2, 0.25) is 0 Å². The van der Waals surface area contributed by atoms with Crippen molar-refractivity contribution in [3.05, 3.63) is 0 Å². The monoisotopic (exact) mass is 258 g/mol. The Bertz CT molecular complexity index is 206. The molecular weight excluding hydrogens is 228 g/mol. The molecule has 18 heavy (non-hydrogen) atoms. The fourth-order valence-corrected chi connectivity index (χ4v) is 2.86. The van der Waals surface area contributed by atoms with Crippen LogP contribution >= 0.6 is 0 Å². The molecule has 108 valence electrons. The third-order valence-electron chi connectivity index (χ3n) is 4.18. The van der Waals surface area contributed by atoms with Gasteiger partial charge in [-0.25, -0.2) is 0 Å². The molecule has 0 amide bonds. The molecule has 1 saturated heterocycles. The van der Waals surface area contributed by atoms with Gasteiger partial charge >= 0.3 is 0 Å². The lowest BCUT2D eigenvalue weighted by Gasteiger charge is -2.42. The number of methoxy groups -OCH3 is 1. The molecule has 1 aliphatic rings. The standard InChI is InChI=1S/C14H30N2O2/c1-3-4-5-6-7-8-13(16-15)14(17-2)9-11-18-12-10-14/h13,16H,3-12,15H2,1-2H3. The molecule has 1 rings (SSSR count). The molecule has 0 saturated carbocycles. The molecule has 0 bridgehead atoms. The maximum absolute atomic E-state index is 5.79. The summed E-state index contributed by atoms with van der Waals surface area (Å²) in [5, 5.41) is 0. The second-order valence-corrected chi connectivity index (χ2v) is 5.30. The molecule has 0 aromatic rings. The Hall–Kier alpha value is -0.160. The topological polar surface area (TPSA) is 56.5 Å². The molecule has 3 N–H and O–H groups in total. The van der Waals surface area contributed by atoms with Gasteiger partial charge in [-0.2, -0.15) is 0 Å². The first kappa shape index (κ1) is 15.9. The fraction of sp³-hybridized carbons (Fsp3) is 1.00. The minimum absolute atomic E-state index is 0.127. The van der Waals surface area contributed by atoms with Gasteiger partial charge in [-0.1, -0.05) is 39.0 Å². The van der Waals surface area contributed by atoms with Gasteiger partial charge in [-0.05, 0) is 6.42 Å². The van der Waals surface area contributed by atoms with E-state index < -0.39 is 0 Å². The number of hydrogen-bond acceptors (Lipinski definition) is 4. The summed E-state index contributed by atoms with van der Waals surface area (Å²) in [6.07, 6.45) is 9.44. The summed E-state index contributed by atoms with van der Waals surface area (Å²) in [5.74, 6) is 5.73. The summed E-state index contributed by atoms with van der Waals surface area (Å²) in [4.78, 5) is 0. The summed E-state index contributed by atoms with van der Waals surface area (Å²) in [6, 6.07) is 0.244. The van der Waals surface area contributed by atoms with Gasteiger partial charge in [-0.15, -0.1) is 0 Å². The molecule has 1 atom stereocenters. The summed E-state index contributed by atoms with van der Waals surface area (Å²) < 4.78 is 11.2. The van der Waals surface area contributed by atoms with Crippen molar-refractivity contribution in [2.24, 2.45) is 5.84 Å². The highest BCUT2D eigenvalue weighted by Gasteiger charge is 2.39. The second-order valence-electron chi connectivity index (χ2n) is 5.30. The summed E-state index contributed by atoms with van der Waals surface area (Å²) in [5.41, 5.74) is 2.85. The van der Waals surface area contributed by atoms with Gasteiger partial charge in [0.25, 0.3) is 0 Å². The molecular formula is C14H30N2O2. The lowest BCUT2D eigenvalue weighted by atomic mass is 9.83. The predicted octanol–water partition coefficient (Wildman–Crippen LogP) is 2.37. The van der Waals surface area contributed by atoms with Crippen LogP contribution < -0.4 is 11.3 Å². The highest BCUT2D eigenvalue weighted by atomic mass is 16.5. The van der Waals surface area contributed by atoms with Gasteiger partial charge in [0.05, 0.1) is 11.6 Å². The average Bonchev–Trinajstić information content (AvgIpc) is 2.43. The quantitative estimate of drug-likeness (QED) is 0.379. The first-order valence-electron chi connectivity index (χ1n) is 7.38. The Morgan fingerprint density at radius 2 is 1.89 bits per heavy atom. The van der Waals surface area contributed by atoms with Crippen LogP contribution in [0.4, 0.5) is 0 Å². The summed E-state index contributed by atoms with van der Waals surface area (Å²) in [6.45, 7) is 3.80. The van der Waals surface area contributed by atoms with E-state index in [-0.39, 0.29) is 11.6 Å². The van der Waals surface area contributed by atoms with Crippen LogP contribution in [0.25, 0.3) is 0 Å². The molecule has 4 heteroatoms. The molecule has 0 aromatic heterocycles. The Morgan fingerprint density at radius 3 is 2.44 bits per heavy atom. The number of nitrogens with one attached hydrogen (secondary N) is 1. The molecule has 1 unspecified atom stereocenters. The molecule has 4 nitrogen and oxygen atoms in total. The van der Waals surface area contributed by atoms with E-state index in [4.69, 9.17) is 15.3 Å². The van der Waals surface area contributed by atoms with Crippen LogP contribution in [0.15, 0.2) is 0 Å². The highest BCUT2D eigenvalue weighted by Crippen LogP contribution is 2.30. The lowest BCUT2D eigenvalue weighted by molar-refractivity contribution is -0.112. The number of rotatable bonds is 9. The first-order chi connectivity index (χ1) is 8.79. The maximum Gasteiger partial charge on any atom is 0.0888 e. The molecule has 0 aromatic carbocycles. The molecule has 0 spiro atoms. The molecule has 1 heterocycles. The smallest absolute Gasteiger partial charge is 0.0888 e. The zero-order chi connectivity index (χ0) is 13.3. The van der Waals surface area contributed by atoms with Crippen molar-refractivity contribution >= 4 is 0 Å². The van der Waals surface area contributed by atoms with Crippen molar-refractivity contribution < 1.29 is 9.47 Å². The van der Waals surface area contributed by atoms with E-state index in [0.29, 0.717) is 0 Å². The van der Waals surface area contributed by atoms with Crippen molar-refractivity contribution in [3.8, 4) is 0 Å². The van der Waals surface area contributed by atoms with E-state index in [2.05, 4.69) is 12.3 Å². The third kappa shape index (κ3) is 4.50. The van der Waals surface area contributed by atoms with Gasteiger partial charge in [0.2, 0.25) is 0 Å². The third-order valence-corrected chi connectivity index (χ3v) is 4.18. The van der Waals surface area contributed by atoms with Crippen LogP contribution in [0.5, 0.6) is 0 Å². The minimum Gasteiger partial charge on any atom is -0.381 e. The number of nitrogens with two attached hydrogens (primary N) is 1. The van der Waals surface area contributed by atoms with E-state index in [0.717, 1.165) is 32.5 Å². The summed E-state index contributed by atoms with van der Waals surface area (Å²) in [7, 11) is 1.80. The molecule has 1 aliphatic heterocycles. The van der Waals surface area contributed by atoms with Crippen LogP contribution in [0.1, 0.15) is 58.3 Å². The predicted molar refractivity (Wildman–Crippen MR) is 74.3 cm³/mol.